The minimum atomic E-state index is -4.33. The Morgan fingerprint density at radius 1 is 1.04 bits per heavy atom. The summed E-state index contributed by atoms with van der Waals surface area (Å²) in [6.07, 6.45) is -0.708. The average Bonchev–Trinajstić information content (AvgIpc) is 2.95. The van der Waals surface area contributed by atoms with Crippen molar-refractivity contribution in [2.75, 3.05) is 0 Å². The summed E-state index contributed by atoms with van der Waals surface area (Å²) in [5.74, 6) is 3.21. The van der Waals surface area contributed by atoms with Gasteiger partial charge in [0.2, 0.25) is 0 Å². The summed E-state index contributed by atoms with van der Waals surface area (Å²) in [6, 6.07) is 7.13. The van der Waals surface area contributed by atoms with Crippen molar-refractivity contribution in [2.24, 2.45) is 0 Å². The van der Waals surface area contributed by atoms with E-state index >= 15 is 0 Å². The van der Waals surface area contributed by atoms with E-state index in [1.165, 1.54) is 12.1 Å². The van der Waals surface area contributed by atoms with E-state index in [9.17, 15) is 13.2 Å². The normalized spacial score (nSPS) is 12.1. The van der Waals surface area contributed by atoms with Gasteiger partial charge in [-0.1, -0.05) is 37.7 Å². The first kappa shape index (κ1) is 18.3. The van der Waals surface area contributed by atoms with E-state index in [0.29, 0.717) is 0 Å². The molecule has 0 saturated heterocycles. The van der Waals surface area contributed by atoms with Crippen molar-refractivity contribution in [3.05, 3.63) is 59.5 Å². The van der Waals surface area contributed by atoms with Gasteiger partial charge in [-0.05, 0) is 41.8 Å². The Balaban J connectivity index is 2.09. The van der Waals surface area contributed by atoms with Gasteiger partial charge in [-0.25, -0.2) is 4.98 Å². The van der Waals surface area contributed by atoms with Crippen molar-refractivity contribution >= 4 is 13.7 Å². The van der Waals surface area contributed by atoms with Gasteiger partial charge in [-0.2, -0.15) is 13.2 Å². The van der Waals surface area contributed by atoms with E-state index in [2.05, 4.69) is 36.1 Å². The van der Waals surface area contributed by atoms with Gasteiger partial charge in [0.1, 0.15) is 19.4 Å². The molecule has 1 aromatic carbocycles. The molecule has 2 heterocycles. The van der Waals surface area contributed by atoms with Crippen LogP contribution in [-0.2, 0) is 6.18 Å². The van der Waals surface area contributed by atoms with Crippen LogP contribution >= 0.6 is 0 Å². The molecule has 0 saturated carbocycles. The smallest absolute Gasteiger partial charge is 0.292 e. The highest BCUT2D eigenvalue weighted by Gasteiger charge is 2.30. The molecule has 26 heavy (non-hydrogen) atoms. The van der Waals surface area contributed by atoms with Crippen LogP contribution in [-0.4, -0.2) is 17.5 Å². The van der Waals surface area contributed by atoms with Crippen LogP contribution < -0.4 is 0 Å². The molecule has 6 heteroatoms. The number of halogens is 3. The van der Waals surface area contributed by atoms with Gasteiger partial charge in [0, 0.05) is 6.20 Å². The maximum absolute atomic E-state index is 12.8. The van der Waals surface area contributed by atoms with Gasteiger partial charge in [-0.3, -0.25) is 4.40 Å². The Morgan fingerprint density at radius 3 is 2.27 bits per heavy atom. The summed E-state index contributed by atoms with van der Waals surface area (Å²) >= 11 is 0. The SMILES string of the molecule is Cc1cc(-c2ccc(C(F)(F)F)cc2)cn2c(C#C[Si](C)(C)C)cnc12. The molecule has 0 aliphatic carbocycles. The molecule has 0 fully saturated rings. The number of pyridine rings is 1. The Bertz CT molecular complexity index is 1010. The molecule has 3 aromatic rings. The van der Waals surface area contributed by atoms with Gasteiger partial charge in [0.15, 0.2) is 0 Å². The predicted molar refractivity (Wildman–Crippen MR) is 101 cm³/mol. The first-order valence-electron chi connectivity index (χ1n) is 8.23. The summed E-state index contributed by atoms with van der Waals surface area (Å²) in [4.78, 5) is 4.43. The van der Waals surface area contributed by atoms with Gasteiger partial charge in [0.25, 0.3) is 0 Å². The van der Waals surface area contributed by atoms with Crippen LogP contribution in [0.1, 0.15) is 16.8 Å². The maximum Gasteiger partial charge on any atom is 0.416 e. The van der Waals surface area contributed by atoms with Crippen molar-refractivity contribution in [1.29, 1.82) is 0 Å². The summed E-state index contributed by atoms with van der Waals surface area (Å²) in [7, 11) is -1.52. The molecule has 2 aromatic heterocycles. The van der Waals surface area contributed by atoms with Gasteiger partial charge in [0.05, 0.1) is 11.8 Å². The minimum absolute atomic E-state index is 0.650. The third-order valence-corrected chi connectivity index (χ3v) is 4.78. The summed E-state index contributed by atoms with van der Waals surface area (Å²) < 4.78 is 40.2. The van der Waals surface area contributed by atoms with E-state index < -0.39 is 19.8 Å². The van der Waals surface area contributed by atoms with Gasteiger partial charge >= 0.3 is 6.18 Å². The van der Waals surface area contributed by atoms with Crippen molar-refractivity contribution in [1.82, 2.24) is 9.38 Å². The highest BCUT2D eigenvalue weighted by molar-refractivity contribution is 6.83. The second-order valence-electron chi connectivity index (χ2n) is 7.32. The number of alkyl halides is 3. The van der Waals surface area contributed by atoms with E-state index in [4.69, 9.17) is 0 Å². The molecule has 0 atom stereocenters. The summed E-state index contributed by atoms with van der Waals surface area (Å²) in [5, 5.41) is 0. The number of benzene rings is 1. The summed E-state index contributed by atoms with van der Waals surface area (Å²) in [5.41, 5.74) is 6.77. The largest absolute Gasteiger partial charge is 0.416 e. The lowest BCUT2D eigenvalue weighted by molar-refractivity contribution is -0.137. The lowest BCUT2D eigenvalue weighted by Crippen LogP contribution is -2.16. The van der Waals surface area contributed by atoms with E-state index in [1.54, 1.807) is 6.20 Å². The number of aromatic nitrogens is 2. The third kappa shape index (κ3) is 3.83. The first-order valence-corrected chi connectivity index (χ1v) is 11.7. The van der Waals surface area contributed by atoms with Crippen LogP contribution in [0.2, 0.25) is 19.6 Å². The molecule has 0 aliphatic heterocycles. The fraction of sp³-hybridized carbons (Fsp3) is 0.250. The fourth-order valence-electron chi connectivity index (χ4n) is 2.61. The van der Waals surface area contributed by atoms with Crippen LogP contribution in [0.5, 0.6) is 0 Å². The number of nitrogens with zero attached hydrogens (tertiary/aromatic N) is 2. The number of hydrogen-bond acceptors (Lipinski definition) is 1. The van der Waals surface area contributed by atoms with Gasteiger partial charge in [-0.15, -0.1) is 5.54 Å². The minimum Gasteiger partial charge on any atom is -0.292 e. The number of aryl methyl sites for hydroxylation is 1. The van der Waals surface area contributed by atoms with Gasteiger partial charge < -0.3 is 0 Å². The standard InChI is InChI=1S/C20H19F3N2Si/c1-14-11-16(15-5-7-17(8-6-15)20(21,22)23)13-25-18(12-24-19(14)25)9-10-26(2,3)4/h5-8,11-13H,1-4H3. The second kappa shape index (κ2) is 6.33. The van der Waals surface area contributed by atoms with E-state index in [-0.39, 0.29) is 0 Å². The Kier molecular flexibility index (Phi) is 4.45. The molecule has 0 amide bonds. The zero-order valence-electron chi connectivity index (χ0n) is 15.1. The fourth-order valence-corrected chi connectivity index (χ4v) is 3.11. The van der Waals surface area contributed by atoms with Crippen LogP contribution in [0.4, 0.5) is 13.2 Å². The quantitative estimate of drug-likeness (QED) is 0.404. The molecule has 134 valence electrons. The molecule has 3 rings (SSSR count). The first-order chi connectivity index (χ1) is 12.0. The second-order valence-corrected chi connectivity index (χ2v) is 12.1. The molecule has 0 spiro atoms. The topological polar surface area (TPSA) is 17.3 Å². The molecule has 0 N–H and O–H groups in total. The van der Waals surface area contributed by atoms with Crippen molar-refractivity contribution in [3.63, 3.8) is 0 Å². The highest BCUT2D eigenvalue weighted by Crippen LogP contribution is 2.31. The zero-order chi connectivity index (χ0) is 19.1. The molecule has 2 nitrogen and oxygen atoms in total. The van der Waals surface area contributed by atoms with Crippen LogP contribution in [0.25, 0.3) is 16.8 Å². The number of imidazole rings is 1. The molecular weight excluding hydrogens is 353 g/mol. The molecular formula is C20H19F3N2Si. The lowest BCUT2D eigenvalue weighted by Gasteiger charge is -2.09. The monoisotopic (exact) mass is 372 g/mol. The number of hydrogen-bond donors (Lipinski definition) is 0. The van der Waals surface area contributed by atoms with Crippen molar-refractivity contribution in [3.8, 4) is 22.6 Å². The van der Waals surface area contributed by atoms with Crippen LogP contribution in [0.3, 0.4) is 0 Å². The van der Waals surface area contributed by atoms with Crippen LogP contribution in [0, 0.1) is 18.4 Å². The molecule has 0 unspecified atom stereocenters. The Morgan fingerprint density at radius 2 is 1.69 bits per heavy atom. The number of fused-ring (bicyclic) bond motifs is 1. The van der Waals surface area contributed by atoms with E-state index in [1.807, 2.05) is 23.6 Å². The Hall–Kier alpha value is -2.52. The van der Waals surface area contributed by atoms with Crippen molar-refractivity contribution in [2.45, 2.75) is 32.7 Å². The zero-order valence-corrected chi connectivity index (χ0v) is 16.1. The lowest BCUT2D eigenvalue weighted by atomic mass is 10.0. The van der Waals surface area contributed by atoms with Crippen LogP contribution in [0.15, 0.2) is 42.7 Å². The summed E-state index contributed by atoms with van der Waals surface area (Å²) in [6.45, 7) is 8.44. The number of rotatable bonds is 1. The molecule has 0 bridgehead atoms. The third-order valence-electron chi connectivity index (χ3n) is 3.90. The molecule has 0 aliphatic rings. The maximum atomic E-state index is 12.8. The van der Waals surface area contributed by atoms with E-state index in [0.717, 1.165) is 40.2 Å². The average molecular weight is 372 g/mol. The predicted octanol–water partition coefficient (Wildman–Crippen LogP) is 5.56. The molecule has 0 radical (unpaired) electrons. The Labute approximate surface area is 151 Å². The highest BCUT2D eigenvalue weighted by atomic mass is 28.3. The van der Waals surface area contributed by atoms with Crippen molar-refractivity contribution < 1.29 is 13.2 Å².